The molecular weight excluding hydrogens is 198 g/mol. The van der Waals surface area contributed by atoms with E-state index in [1.165, 1.54) is 11.8 Å². The number of hydrogen-bond acceptors (Lipinski definition) is 5. The molecule has 0 fully saturated rings. The van der Waals surface area contributed by atoms with Crippen LogP contribution in [-0.2, 0) is 0 Å². The molecule has 6 heteroatoms. The Bertz CT molecular complexity index is 476. The lowest BCUT2D eigenvalue weighted by atomic mass is 10.5. The highest BCUT2D eigenvalue weighted by Gasteiger charge is 2.07. The van der Waals surface area contributed by atoms with E-state index < -0.39 is 0 Å². The predicted octanol–water partition coefficient (Wildman–Crippen LogP) is 1.80. The van der Waals surface area contributed by atoms with Crippen molar-refractivity contribution < 1.29 is 0 Å². The number of fused-ring (bicyclic) bond motifs is 1. The van der Waals surface area contributed by atoms with Crippen LogP contribution < -0.4 is 0 Å². The Morgan fingerprint density at radius 1 is 1.50 bits per heavy atom. The fourth-order valence-corrected chi connectivity index (χ4v) is 1.46. The quantitative estimate of drug-likeness (QED) is 0.463. The first-order chi connectivity index (χ1) is 6.85. The van der Waals surface area contributed by atoms with Crippen LogP contribution in [0, 0.1) is 0 Å². The summed E-state index contributed by atoms with van der Waals surface area (Å²) in [6.45, 7) is 1.85. The Morgan fingerprint density at radius 3 is 3.07 bits per heavy atom. The van der Waals surface area contributed by atoms with Crippen LogP contribution in [0.15, 0.2) is 16.5 Å². The summed E-state index contributed by atoms with van der Waals surface area (Å²) >= 11 is 1.48. The Balaban J connectivity index is 2.70. The first kappa shape index (κ1) is 9.14. The van der Waals surface area contributed by atoms with Crippen molar-refractivity contribution in [2.75, 3.05) is 6.26 Å². The molecule has 5 nitrogen and oxygen atoms in total. The number of aliphatic imine (C=N–C) groups is 1. The van der Waals surface area contributed by atoms with Gasteiger partial charge in [-0.25, -0.2) is 19.9 Å². The second-order valence-electron chi connectivity index (χ2n) is 2.52. The molecule has 0 saturated heterocycles. The second-order valence-corrected chi connectivity index (χ2v) is 3.30. The first-order valence-electron chi connectivity index (χ1n) is 4.09. The molecule has 2 aromatic rings. The predicted molar refractivity (Wildman–Crippen MR) is 57.3 cm³/mol. The first-order valence-corrected chi connectivity index (χ1v) is 5.31. The minimum absolute atomic E-state index is 0.638. The Kier molecular flexibility index (Phi) is 2.45. The van der Waals surface area contributed by atoms with Gasteiger partial charge in [-0.2, -0.15) is 0 Å². The van der Waals surface area contributed by atoms with Crippen LogP contribution in [0.3, 0.4) is 0 Å². The lowest BCUT2D eigenvalue weighted by Gasteiger charge is -1.97. The lowest BCUT2D eigenvalue weighted by Crippen LogP contribution is -1.88. The van der Waals surface area contributed by atoms with Crippen LogP contribution in [-0.4, -0.2) is 32.4 Å². The second kappa shape index (κ2) is 3.75. The topological polar surface area (TPSA) is 66.8 Å². The van der Waals surface area contributed by atoms with E-state index in [2.05, 4.69) is 24.9 Å². The zero-order valence-corrected chi connectivity index (χ0v) is 8.67. The largest absolute Gasteiger partial charge is 0.340 e. The fourth-order valence-electron chi connectivity index (χ4n) is 1.11. The standard InChI is InChI=1S/C8H9N5S/c1-3-9-6-5-7(11-4-10-5)13-8(12-6)14-2/h3-4H,1-2H3,(H,10,11,12,13). The number of nitrogens with zero attached hydrogens (tertiary/aromatic N) is 4. The fraction of sp³-hybridized carbons (Fsp3) is 0.250. The van der Waals surface area contributed by atoms with E-state index in [0.717, 1.165) is 5.52 Å². The highest BCUT2D eigenvalue weighted by atomic mass is 32.2. The summed E-state index contributed by atoms with van der Waals surface area (Å²) in [5.41, 5.74) is 1.44. The van der Waals surface area contributed by atoms with Gasteiger partial charge in [-0.15, -0.1) is 0 Å². The third-order valence-electron chi connectivity index (χ3n) is 1.68. The van der Waals surface area contributed by atoms with Gasteiger partial charge in [0.05, 0.1) is 6.33 Å². The van der Waals surface area contributed by atoms with Gasteiger partial charge in [-0.1, -0.05) is 11.8 Å². The summed E-state index contributed by atoms with van der Waals surface area (Å²) < 4.78 is 0. The van der Waals surface area contributed by atoms with Gasteiger partial charge < -0.3 is 4.98 Å². The molecule has 0 aliphatic rings. The van der Waals surface area contributed by atoms with Crippen molar-refractivity contribution in [3.05, 3.63) is 6.33 Å². The van der Waals surface area contributed by atoms with E-state index in [0.29, 0.717) is 16.6 Å². The van der Waals surface area contributed by atoms with E-state index in [1.807, 2.05) is 13.2 Å². The normalized spacial score (nSPS) is 11.6. The Hall–Kier alpha value is -1.43. The third kappa shape index (κ3) is 1.48. The SMILES string of the molecule is CC=Nc1nc(SC)nc2nc[nH]c12. The minimum Gasteiger partial charge on any atom is -0.340 e. The smallest absolute Gasteiger partial charge is 0.191 e. The molecule has 0 unspecified atom stereocenters. The molecule has 0 aliphatic carbocycles. The van der Waals surface area contributed by atoms with Gasteiger partial charge >= 0.3 is 0 Å². The van der Waals surface area contributed by atoms with Crippen molar-refractivity contribution in [2.24, 2.45) is 4.99 Å². The van der Waals surface area contributed by atoms with Gasteiger partial charge in [-0.3, -0.25) is 0 Å². The molecular formula is C8H9N5S. The molecule has 2 aromatic heterocycles. The Labute approximate surface area is 85.1 Å². The number of nitrogens with one attached hydrogen (secondary N) is 1. The molecule has 2 rings (SSSR count). The van der Waals surface area contributed by atoms with Crippen molar-refractivity contribution in [3.8, 4) is 0 Å². The van der Waals surface area contributed by atoms with Gasteiger partial charge in [0.1, 0.15) is 5.52 Å². The zero-order chi connectivity index (χ0) is 9.97. The molecule has 14 heavy (non-hydrogen) atoms. The highest BCUT2D eigenvalue weighted by molar-refractivity contribution is 7.98. The lowest BCUT2D eigenvalue weighted by molar-refractivity contribution is 0.994. The zero-order valence-electron chi connectivity index (χ0n) is 7.85. The number of imidazole rings is 1. The molecule has 0 spiro atoms. The number of aromatic nitrogens is 4. The molecule has 0 aliphatic heterocycles. The summed E-state index contributed by atoms with van der Waals surface area (Å²) in [4.78, 5) is 19.7. The maximum Gasteiger partial charge on any atom is 0.191 e. The number of rotatable bonds is 2. The molecule has 0 bridgehead atoms. The Morgan fingerprint density at radius 2 is 2.36 bits per heavy atom. The van der Waals surface area contributed by atoms with Crippen LogP contribution in [0.5, 0.6) is 0 Å². The van der Waals surface area contributed by atoms with Crippen molar-refractivity contribution in [1.29, 1.82) is 0 Å². The van der Waals surface area contributed by atoms with Crippen molar-refractivity contribution >= 4 is 35.0 Å². The molecule has 1 N–H and O–H groups in total. The van der Waals surface area contributed by atoms with E-state index in [1.54, 1.807) is 12.5 Å². The number of H-pyrrole nitrogens is 1. The molecule has 2 heterocycles. The van der Waals surface area contributed by atoms with Crippen molar-refractivity contribution in [2.45, 2.75) is 12.1 Å². The average Bonchev–Trinajstić information content (AvgIpc) is 2.66. The summed E-state index contributed by atoms with van der Waals surface area (Å²) in [7, 11) is 0. The third-order valence-corrected chi connectivity index (χ3v) is 2.23. The van der Waals surface area contributed by atoms with Gasteiger partial charge in [0.25, 0.3) is 0 Å². The van der Waals surface area contributed by atoms with Crippen LogP contribution in [0.4, 0.5) is 5.82 Å². The van der Waals surface area contributed by atoms with Gasteiger partial charge in [0.2, 0.25) is 0 Å². The maximum atomic E-state index is 4.26. The summed E-state index contributed by atoms with van der Waals surface area (Å²) in [6.07, 6.45) is 5.22. The summed E-state index contributed by atoms with van der Waals surface area (Å²) in [6, 6.07) is 0. The monoisotopic (exact) mass is 207 g/mol. The summed E-state index contributed by atoms with van der Waals surface area (Å²) in [5, 5.41) is 0.685. The van der Waals surface area contributed by atoms with Gasteiger partial charge in [-0.05, 0) is 13.2 Å². The van der Waals surface area contributed by atoms with Gasteiger partial charge in [0, 0.05) is 6.21 Å². The maximum absolute atomic E-state index is 4.26. The van der Waals surface area contributed by atoms with Crippen molar-refractivity contribution in [1.82, 2.24) is 19.9 Å². The molecule has 0 aromatic carbocycles. The van der Waals surface area contributed by atoms with E-state index in [-0.39, 0.29) is 0 Å². The van der Waals surface area contributed by atoms with Gasteiger partial charge in [0.15, 0.2) is 16.6 Å². The van der Waals surface area contributed by atoms with Crippen LogP contribution in [0.2, 0.25) is 0 Å². The number of thioether (sulfide) groups is 1. The van der Waals surface area contributed by atoms with Crippen molar-refractivity contribution in [3.63, 3.8) is 0 Å². The minimum atomic E-state index is 0.638. The number of aromatic amines is 1. The van der Waals surface area contributed by atoms with Crippen LogP contribution in [0.25, 0.3) is 11.2 Å². The van der Waals surface area contributed by atoms with Crippen LogP contribution >= 0.6 is 11.8 Å². The average molecular weight is 207 g/mol. The van der Waals surface area contributed by atoms with Crippen LogP contribution in [0.1, 0.15) is 6.92 Å². The highest BCUT2D eigenvalue weighted by Crippen LogP contribution is 2.22. The molecule has 0 amide bonds. The van der Waals surface area contributed by atoms with E-state index >= 15 is 0 Å². The molecule has 0 atom stereocenters. The van der Waals surface area contributed by atoms with E-state index in [4.69, 9.17) is 0 Å². The number of hydrogen-bond donors (Lipinski definition) is 1. The molecule has 72 valence electrons. The summed E-state index contributed by atoms with van der Waals surface area (Å²) in [5.74, 6) is 0.638. The molecule has 0 radical (unpaired) electrons. The molecule has 0 saturated carbocycles. The van der Waals surface area contributed by atoms with E-state index in [9.17, 15) is 0 Å².